The molecule has 0 amide bonds. The minimum absolute atomic E-state index is 0.0156. The SMILES string of the molecule is CCOC(=O)C(C)c1cc2ccc(O)cc2oc1=O. The van der Waals surface area contributed by atoms with Crippen molar-refractivity contribution in [1.82, 2.24) is 0 Å². The quantitative estimate of drug-likeness (QED) is 0.677. The molecular weight excluding hydrogens is 248 g/mol. The van der Waals surface area contributed by atoms with Crippen LogP contribution in [0.1, 0.15) is 25.3 Å². The lowest BCUT2D eigenvalue weighted by atomic mass is 10.0. The van der Waals surface area contributed by atoms with Gasteiger partial charge in [0, 0.05) is 11.5 Å². The molecule has 0 saturated heterocycles. The first-order valence-corrected chi connectivity index (χ1v) is 5.96. The highest BCUT2D eigenvalue weighted by Crippen LogP contribution is 2.22. The Morgan fingerprint density at radius 2 is 2.16 bits per heavy atom. The van der Waals surface area contributed by atoms with Crippen LogP contribution in [-0.2, 0) is 9.53 Å². The van der Waals surface area contributed by atoms with Gasteiger partial charge in [-0.05, 0) is 32.0 Å². The van der Waals surface area contributed by atoms with E-state index in [4.69, 9.17) is 9.15 Å². The van der Waals surface area contributed by atoms with Gasteiger partial charge >= 0.3 is 11.6 Å². The summed E-state index contributed by atoms with van der Waals surface area (Å²) >= 11 is 0. The lowest BCUT2D eigenvalue weighted by Crippen LogP contribution is -2.19. The Morgan fingerprint density at radius 1 is 1.42 bits per heavy atom. The van der Waals surface area contributed by atoms with Crippen LogP contribution in [-0.4, -0.2) is 17.7 Å². The van der Waals surface area contributed by atoms with E-state index in [1.54, 1.807) is 26.0 Å². The molecule has 1 heterocycles. The molecule has 0 saturated carbocycles. The number of esters is 1. The van der Waals surface area contributed by atoms with E-state index < -0.39 is 17.5 Å². The zero-order valence-electron chi connectivity index (χ0n) is 10.7. The molecule has 0 aliphatic rings. The predicted molar refractivity (Wildman–Crippen MR) is 69.2 cm³/mol. The van der Waals surface area contributed by atoms with Crippen molar-refractivity contribution in [3.8, 4) is 5.75 Å². The second kappa shape index (κ2) is 5.14. The maximum Gasteiger partial charge on any atom is 0.340 e. The van der Waals surface area contributed by atoms with Crippen LogP contribution in [0.4, 0.5) is 0 Å². The van der Waals surface area contributed by atoms with Gasteiger partial charge in [-0.3, -0.25) is 4.79 Å². The molecule has 0 fully saturated rings. The third-order valence-electron chi connectivity index (χ3n) is 2.85. The smallest absolute Gasteiger partial charge is 0.340 e. The molecule has 100 valence electrons. The van der Waals surface area contributed by atoms with Gasteiger partial charge in [0.2, 0.25) is 0 Å². The molecule has 1 atom stereocenters. The highest BCUT2D eigenvalue weighted by atomic mass is 16.5. The molecule has 0 bridgehead atoms. The number of benzene rings is 1. The van der Waals surface area contributed by atoms with Crippen LogP contribution in [0.3, 0.4) is 0 Å². The number of aromatic hydroxyl groups is 1. The summed E-state index contributed by atoms with van der Waals surface area (Å²) in [6.45, 7) is 3.56. The number of fused-ring (bicyclic) bond motifs is 1. The average Bonchev–Trinajstić information content (AvgIpc) is 2.37. The molecule has 0 spiro atoms. The van der Waals surface area contributed by atoms with Crippen LogP contribution in [0.25, 0.3) is 11.0 Å². The maximum atomic E-state index is 11.8. The van der Waals surface area contributed by atoms with Gasteiger partial charge in [-0.25, -0.2) is 4.79 Å². The Balaban J connectivity index is 2.50. The van der Waals surface area contributed by atoms with E-state index in [-0.39, 0.29) is 23.5 Å². The summed E-state index contributed by atoms with van der Waals surface area (Å²) in [5.41, 5.74) is -0.0694. The Labute approximate surface area is 109 Å². The first kappa shape index (κ1) is 13.1. The number of rotatable bonds is 3. The summed E-state index contributed by atoms with van der Waals surface area (Å²) in [5, 5.41) is 9.96. The van der Waals surface area contributed by atoms with Gasteiger partial charge in [0.05, 0.1) is 18.1 Å². The first-order chi connectivity index (χ1) is 9.02. The number of carbonyl (C=O) groups excluding carboxylic acids is 1. The second-order valence-corrected chi connectivity index (χ2v) is 4.19. The van der Waals surface area contributed by atoms with E-state index in [0.29, 0.717) is 5.39 Å². The number of hydrogen-bond acceptors (Lipinski definition) is 5. The van der Waals surface area contributed by atoms with Gasteiger partial charge in [0.25, 0.3) is 0 Å². The molecule has 2 aromatic rings. The minimum Gasteiger partial charge on any atom is -0.508 e. The van der Waals surface area contributed by atoms with E-state index in [1.165, 1.54) is 12.1 Å². The fourth-order valence-electron chi connectivity index (χ4n) is 1.81. The lowest BCUT2D eigenvalue weighted by Gasteiger charge is -2.10. The fraction of sp³-hybridized carbons (Fsp3) is 0.286. The predicted octanol–water partition coefficient (Wildman–Crippen LogP) is 2.17. The zero-order valence-corrected chi connectivity index (χ0v) is 10.7. The molecule has 2 rings (SSSR count). The average molecular weight is 262 g/mol. The molecule has 1 N–H and O–H groups in total. The van der Waals surface area contributed by atoms with E-state index in [9.17, 15) is 14.7 Å². The molecule has 0 aliphatic heterocycles. The van der Waals surface area contributed by atoms with Crippen molar-refractivity contribution in [2.75, 3.05) is 6.61 Å². The molecular formula is C14H14O5. The van der Waals surface area contributed by atoms with Gasteiger partial charge in [0.1, 0.15) is 11.3 Å². The van der Waals surface area contributed by atoms with E-state index >= 15 is 0 Å². The summed E-state index contributed by atoms with van der Waals surface area (Å²) in [6.07, 6.45) is 0. The summed E-state index contributed by atoms with van der Waals surface area (Å²) in [7, 11) is 0. The second-order valence-electron chi connectivity index (χ2n) is 4.19. The highest BCUT2D eigenvalue weighted by molar-refractivity contribution is 5.82. The van der Waals surface area contributed by atoms with Crippen LogP contribution in [0, 0.1) is 0 Å². The van der Waals surface area contributed by atoms with Crippen molar-refractivity contribution < 1.29 is 19.1 Å². The first-order valence-electron chi connectivity index (χ1n) is 5.96. The van der Waals surface area contributed by atoms with E-state index in [2.05, 4.69) is 0 Å². The van der Waals surface area contributed by atoms with Crippen molar-refractivity contribution in [3.05, 3.63) is 40.2 Å². The van der Waals surface area contributed by atoms with Gasteiger partial charge < -0.3 is 14.3 Å². The van der Waals surface area contributed by atoms with Crippen molar-refractivity contribution in [3.63, 3.8) is 0 Å². The fourth-order valence-corrected chi connectivity index (χ4v) is 1.81. The molecule has 0 radical (unpaired) electrons. The highest BCUT2D eigenvalue weighted by Gasteiger charge is 2.21. The number of carbonyl (C=O) groups is 1. The van der Waals surface area contributed by atoms with Crippen molar-refractivity contribution >= 4 is 16.9 Å². The van der Waals surface area contributed by atoms with E-state index in [0.717, 1.165) is 0 Å². The minimum atomic E-state index is -0.686. The van der Waals surface area contributed by atoms with Gasteiger partial charge in [-0.15, -0.1) is 0 Å². The Kier molecular flexibility index (Phi) is 3.55. The number of phenolic OH excluding ortho intramolecular Hbond substituents is 1. The summed E-state index contributed by atoms with van der Waals surface area (Å²) in [6, 6.07) is 6.05. The zero-order chi connectivity index (χ0) is 14.0. The molecule has 19 heavy (non-hydrogen) atoms. The van der Waals surface area contributed by atoms with Crippen LogP contribution in [0.2, 0.25) is 0 Å². The number of phenols is 1. The molecule has 5 heteroatoms. The normalized spacial score (nSPS) is 12.3. The lowest BCUT2D eigenvalue weighted by molar-refractivity contribution is -0.144. The maximum absolute atomic E-state index is 11.8. The monoisotopic (exact) mass is 262 g/mol. The summed E-state index contributed by atoms with van der Waals surface area (Å²) in [5.74, 6) is -1.14. The van der Waals surface area contributed by atoms with Crippen molar-refractivity contribution in [2.24, 2.45) is 0 Å². The van der Waals surface area contributed by atoms with Crippen molar-refractivity contribution in [1.29, 1.82) is 0 Å². The Bertz CT molecular complexity index is 671. The third-order valence-corrected chi connectivity index (χ3v) is 2.85. The molecule has 1 aromatic carbocycles. The Hall–Kier alpha value is -2.30. The van der Waals surface area contributed by atoms with Crippen LogP contribution in [0.5, 0.6) is 5.75 Å². The van der Waals surface area contributed by atoms with Crippen LogP contribution < -0.4 is 5.63 Å². The molecule has 5 nitrogen and oxygen atoms in total. The molecule has 0 aliphatic carbocycles. The standard InChI is InChI=1S/C14H14O5/c1-3-18-13(16)8(2)11-6-9-4-5-10(15)7-12(9)19-14(11)17/h4-8,15H,3H2,1-2H3. The largest absolute Gasteiger partial charge is 0.508 e. The topological polar surface area (TPSA) is 76.7 Å². The Morgan fingerprint density at radius 3 is 2.84 bits per heavy atom. The van der Waals surface area contributed by atoms with Gasteiger partial charge in [-0.1, -0.05) is 0 Å². The third kappa shape index (κ3) is 2.59. The van der Waals surface area contributed by atoms with E-state index in [1.807, 2.05) is 0 Å². The summed E-state index contributed by atoms with van der Waals surface area (Å²) < 4.78 is 9.98. The molecule has 1 aromatic heterocycles. The molecule has 1 unspecified atom stereocenters. The van der Waals surface area contributed by atoms with Crippen LogP contribution in [0.15, 0.2) is 33.5 Å². The van der Waals surface area contributed by atoms with Crippen LogP contribution >= 0.6 is 0 Å². The number of hydrogen-bond donors (Lipinski definition) is 1. The summed E-state index contributed by atoms with van der Waals surface area (Å²) in [4.78, 5) is 23.5. The van der Waals surface area contributed by atoms with Gasteiger partial charge in [-0.2, -0.15) is 0 Å². The van der Waals surface area contributed by atoms with Gasteiger partial charge in [0.15, 0.2) is 0 Å². The number of ether oxygens (including phenoxy) is 1. The van der Waals surface area contributed by atoms with Crippen molar-refractivity contribution in [2.45, 2.75) is 19.8 Å².